The molecule has 1 atom stereocenters. The summed E-state index contributed by atoms with van der Waals surface area (Å²) in [5, 5.41) is 5.51. The largest absolute Gasteiger partial charge is 0.352 e. The molecule has 2 amide bonds. The summed E-state index contributed by atoms with van der Waals surface area (Å²) in [7, 11) is 0. The molecule has 1 aliphatic rings. The molecule has 1 aliphatic heterocycles. The number of rotatable bonds is 5. The third-order valence-electron chi connectivity index (χ3n) is 4.34. The molecule has 132 valence electrons. The van der Waals surface area contributed by atoms with Crippen LogP contribution in [0.4, 0.5) is 0 Å². The first-order chi connectivity index (χ1) is 12.2. The summed E-state index contributed by atoms with van der Waals surface area (Å²) in [5.74, 6) is 0.143. The maximum atomic E-state index is 12.6. The third kappa shape index (κ3) is 4.43. The molecule has 0 aliphatic carbocycles. The van der Waals surface area contributed by atoms with E-state index in [0.29, 0.717) is 30.9 Å². The molecule has 0 radical (unpaired) electrons. The molecule has 0 bridgehead atoms. The summed E-state index contributed by atoms with van der Waals surface area (Å²) in [6, 6.07) is 9.17. The van der Waals surface area contributed by atoms with Gasteiger partial charge in [-0.25, -0.2) is 4.98 Å². The summed E-state index contributed by atoms with van der Waals surface area (Å²) in [4.78, 5) is 30.8. The van der Waals surface area contributed by atoms with Gasteiger partial charge in [-0.2, -0.15) is 0 Å². The van der Waals surface area contributed by atoms with Crippen molar-refractivity contribution in [2.24, 2.45) is 11.7 Å². The number of nitrogens with zero attached hydrogens (tertiary/aromatic N) is 2. The van der Waals surface area contributed by atoms with Crippen LogP contribution in [0.15, 0.2) is 35.7 Å². The van der Waals surface area contributed by atoms with E-state index in [2.05, 4.69) is 10.3 Å². The smallest absolute Gasteiger partial charge is 0.273 e. The van der Waals surface area contributed by atoms with Gasteiger partial charge in [0.2, 0.25) is 0 Å². The van der Waals surface area contributed by atoms with E-state index in [1.54, 1.807) is 17.5 Å². The van der Waals surface area contributed by atoms with Crippen molar-refractivity contribution < 1.29 is 9.59 Å². The Bertz CT molecular complexity index is 732. The monoisotopic (exact) mass is 358 g/mol. The highest BCUT2D eigenvalue weighted by Gasteiger charge is 2.26. The minimum Gasteiger partial charge on any atom is -0.352 e. The number of piperidine rings is 1. The number of thiazole rings is 1. The van der Waals surface area contributed by atoms with Gasteiger partial charge in [0.05, 0.1) is 0 Å². The molecule has 2 aromatic rings. The third-order valence-corrected chi connectivity index (χ3v) is 5.21. The van der Waals surface area contributed by atoms with E-state index in [1.165, 1.54) is 11.3 Å². The molecule has 3 rings (SSSR count). The molecule has 1 aromatic carbocycles. The van der Waals surface area contributed by atoms with E-state index in [4.69, 9.17) is 5.73 Å². The van der Waals surface area contributed by atoms with Crippen LogP contribution in [-0.4, -0.2) is 41.3 Å². The molecule has 1 saturated heterocycles. The van der Waals surface area contributed by atoms with Crippen LogP contribution in [0.2, 0.25) is 0 Å². The molecule has 25 heavy (non-hydrogen) atoms. The van der Waals surface area contributed by atoms with Gasteiger partial charge in [0.15, 0.2) is 0 Å². The van der Waals surface area contributed by atoms with Crippen LogP contribution in [-0.2, 0) is 6.54 Å². The van der Waals surface area contributed by atoms with Gasteiger partial charge < -0.3 is 16.0 Å². The van der Waals surface area contributed by atoms with Crippen molar-refractivity contribution in [1.82, 2.24) is 15.2 Å². The fourth-order valence-corrected chi connectivity index (χ4v) is 3.66. The van der Waals surface area contributed by atoms with Crippen LogP contribution in [0.3, 0.4) is 0 Å². The molecule has 1 aromatic heterocycles. The molecule has 0 saturated carbocycles. The number of aromatic nitrogens is 1. The van der Waals surface area contributed by atoms with E-state index < -0.39 is 0 Å². The van der Waals surface area contributed by atoms with Crippen molar-refractivity contribution in [2.75, 3.05) is 19.6 Å². The molecule has 6 nitrogen and oxygen atoms in total. The first-order valence-electron chi connectivity index (χ1n) is 8.44. The van der Waals surface area contributed by atoms with Gasteiger partial charge in [0.1, 0.15) is 10.7 Å². The fraction of sp³-hybridized carbons (Fsp3) is 0.389. The Kier molecular flexibility index (Phi) is 5.78. The average Bonchev–Trinajstić information content (AvgIpc) is 3.15. The van der Waals surface area contributed by atoms with Gasteiger partial charge in [-0.05, 0) is 30.9 Å². The Balaban J connectivity index is 1.54. The van der Waals surface area contributed by atoms with Gasteiger partial charge in [0.25, 0.3) is 11.8 Å². The number of amides is 2. The summed E-state index contributed by atoms with van der Waals surface area (Å²) in [6.07, 6.45) is 1.94. The van der Waals surface area contributed by atoms with Crippen molar-refractivity contribution in [3.8, 4) is 0 Å². The molecular weight excluding hydrogens is 336 g/mol. The van der Waals surface area contributed by atoms with Gasteiger partial charge >= 0.3 is 0 Å². The minimum atomic E-state index is -0.0730. The molecule has 3 N–H and O–H groups in total. The predicted octanol–water partition coefficient (Wildman–Crippen LogP) is 1.88. The van der Waals surface area contributed by atoms with Crippen molar-refractivity contribution in [3.63, 3.8) is 0 Å². The van der Waals surface area contributed by atoms with E-state index in [0.717, 1.165) is 24.4 Å². The average molecular weight is 358 g/mol. The molecule has 0 spiro atoms. The molecule has 1 unspecified atom stereocenters. The Labute approximate surface area is 151 Å². The minimum absolute atomic E-state index is 0.0463. The number of nitrogens with two attached hydrogens (primary N) is 1. The highest BCUT2D eigenvalue weighted by atomic mass is 32.1. The lowest BCUT2D eigenvalue weighted by Gasteiger charge is -2.32. The van der Waals surface area contributed by atoms with Crippen molar-refractivity contribution in [2.45, 2.75) is 19.4 Å². The van der Waals surface area contributed by atoms with Crippen molar-refractivity contribution >= 4 is 23.2 Å². The number of carbonyl (C=O) groups excluding carboxylic acids is 2. The van der Waals surface area contributed by atoms with Crippen LogP contribution in [0.1, 0.15) is 38.7 Å². The van der Waals surface area contributed by atoms with Crippen LogP contribution >= 0.6 is 11.3 Å². The lowest BCUT2D eigenvalue weighted by Crippen LogP contribution is -2.43. The lowest BCUT2D eigenvalue weighted by molar-refractivity contribution is 0.0665. The number of likely N-dealkylation sites (tertiary alicyclic amines) is 1. The van der Waals surface area contributed by atoms with E-state index in [-0.39, 0.29) is 17.7 Å². The predicted molar refractivity (Wildman–Crippen MR) is 97.4 cm³/mol. The highest BCUT2D eigenvalue weighted by molar-refractivity contribution is 7.09. The maximum absolute atomic E-state index is 12.6. The van der Waals surface area contributed by atoms with Crippen molar-refractivity contribution in [1.29, 1.82) is 0 Å². The Morgan fingerprint density at radius 1 is 1.32 bits per heavy atom. The standard InChI is InChI=1S/C18H22N4O2S/c19-9-16-21-15(12-25-16)18(24)22-8-4-5-13(11-22)10-20-17(23)14-6-2-1-3-7-14/h1-3,6-7,12-13H,4-5,8-11,19H2,(H,20,23). The number of hydrogen-bond donors (Lipinski definition) is 2. The highest BCUT2D eigenvalue weighted by Crippen LogP contribution is 2.19. The summed E-state index contributed by atoms with van der Waals surface area (Å²) >= 11 is 1.41. The summed E-state index contributed by atoms with van der Waals surface area (Å²) in [5.41, 5.74) is 6.69. The molecule has 1 fully saturated rings. The van der Waals surface area contributed by atoms with Gasteiger partial charge in [-0.1, -0.05) is 18.2 Å². The van der Waals surface area contributed by atoms with E-state index in [1.807, 2.05) is 23.1 Å². The van der Waals surface area contributed by atoms with Gasteiger partial charge in [-0.3, -0.25) is 9.59 Å². The normalized spacial score (nSPS) is 17.3. The van der Waals surface area contributed by atoms with Crippen LogP contribution < -0.4 is 11.1 Å². The first kappa shape index (κ1) is 17.6. The topological polar surface area (TPSA) is 88.3 Å². The second-order valence-corrected chi connectivity index (χ2v) is 7.11. The number of hydrogen-bond acceptors (Lipinski definition) is 5. The zero-order valence-corrected chi connectivity index (χ0v) is 14.8. The number of benzene rings is 1. The van der Waals surface area contributed by atoms with E-state index >= 15 is 0 Å². The SMILES string of the molecule is NCc1nc(C(=O)N2CCCC(CNC(=O)c3ccccc3)C2)cs1. The first-order valence-corrected chi connectivity index (χ1v) is 9.32. The second kappa shape index (κ2) is 8.22. The Morgan fingerprint density at radius 3 is 2.84 bits per heavy atom. The zero-order chi connectivity index (χ0) is 17.6. The summed E-state index contributed by atoms with van der Waals surface area (Å²) < 4.78 is 0. The molecule has 7 heteroatoms. The Hall–Kier alpha value is -2.25. The zero-order valence-electron chi connectivity index (χ0n) is 14.0. The van der Waals surface area contributed by atoms with Crippen molar-refractivity contribution in [3.05, 3.63) is 52.0 Å². The van der Waals surface area contributed by atoms with Crippen LogP contribution in [0.25, 0.3) is 0 Å². The quantitative estimate of drug-likeness (QED) is 0.854. The summed E-state index contributed by atoms with van der Waals surface area (Å²) in [6.45, 7) is 2.30. The molecule has 2 heterocycles. The fourth-order valence-electron chi connectivity index (χ4n) is 3.01. The second-order valence-electron chi connectivity index (χ2n) is 6.17. The molecular formula is C18H22N4O2S. The number of nitrogens with one attached hydrogen (secondary N) is 1. The van der Waals surface area contributed by atoms with Gasteiger partial charge in [-0.15, -0.1) is 11.3 Å². The van der Waals surface area contributed by atoms with Crippen LogP contribution in [0, 0.1) is 5.92 Å². The van der Waals surface area contributed by atoms with Gasteiger partial charge in [0, 0.05) is 37.1 Å². The lowest BCUT2D eigenvalue weighted by atomic mass is 9.97. The Morgan fingerprint density at radius 2 is 2.12 bits per heavy atom. The number of carbonyl (C=O) groups is 2. The van der Waals surface area contributed by atoms with E-state index in [9.17, 15) is 9.59 Å². The van der Waals surface area contributed by atoms with Crippen LogP contribution in [0.5, 0.6) is 0 Å². The maximum Gasteiger partial charge on any atom is 0.273 e.